The van der Waals surface area contributed by atoms with Gasteiger partial charge in [0.2, 0.25) is 5.91 Å². The summed E-state index contributed by atoms with van der Waals surface area (Å²) in [5, 5.41) is 2.01. The minimum Gasteiger partial charge on any atom is -0.731 e. The number of carbonyl (C=O) groups is 3. The van der Waals surface area contributed by atoms with Gasteiger partial charge in [-0.15, -0.1) is 0 Å². The van der Waals surface area contributed by atoms with Crippen LogP contribution in [0.3, 0.4) is 0 Å². The molecule has 0 aliphatic carbocycles. The fraction of sp³-hybridized carbons (Fsp3) is 0.250. The SMILES string of the molecule is NC(=O)[C@H]1[C@@H](NC(=O)OCc2ccccc2)C(=O)N1S(=O)(=O)[O-].[Na+]. The van der Waals surface area contributed by atoms with E-state index in [0.29, 0.717) is 5.56 Å². The number of nitrogens with one attached hydrogen (secondary N) is 1. The first-order chi connectivity index (χ1) is 10.7. The molecule has 124 valence electrons. The van der Waals surface area contributed by atoms with Crippen LogP contribution in [0.25, 0.3) is 0 Å². The van der Waals surface area contributed by atoms with Gasteiger partial charge in [0.25, 0.3) is 5.91 Å². The average molecular weight is 365 g/mol. The van der Waals surface area contributed by atoms with Crippen LogP contribution in [0.5, 0.6) is 0 Å². The molecule has 24 heavy (non-hydrogen) atoms. The van der Waals surface area contributed by atoms with Gasteiger partial charge in [-0.05, 0) is 5.56 Å². The van der Waals surface area contributed by atoms with Gasteiger partial charge in [-0.1, -0.05) is 30.3 Å². The third-order valence-electron chi connectivity index (χ3n) is 3.07. The largest absolute Gasteiger partial charge is 1.00 e. The van der Waals surface area contributed by atoms with E-state index in [1.165, 1.54) is 0 Å². The molecule has 10 nitrogen and oxygen atoms in total. The molecule has 3 amide bonds. The molecular formula is C12H12N3NaO7S. The van der Waals surface area contributed by atoms with Crippen molar-refractivity contribution in [3.05, 3.63) is 35.9 Å². The Hall–Kier alpha value is -1.66. The van der Waals surface area contributed by atoms with Gasteiger partial charge in [0.05, 0.1) is 0 Å². The summed E-state index contributed by atoms with van der Waals surface area (Å²) in [5.41, 5.74) is 5.63. The zero-order valence-corrected chi connectivity index (χ0v) is 15.4. The summed E-state index contributed by atoms with van der Waals surface area (Å²) >= 11 is 0. The van der Waals surface area contributed by atoms with E-state index in [1.807, 2.05) is 5.32 Å². The monoisotopic (exact) mass is 365 g/mol. The molecule has 1 aliphatic heterocycles. The summed E-state index contributed by atoms with van der Waals surface area (Å²) in [5.74, 6) is -2.49. The maximum atomic E-state index is 11.6. The van der Waals surface area contributed by atoms with Crippen LogP contribution >= 0.6 is 0 Å². The Labute approximate surface area is 159 Å². The van der Waals surface area contributed by atoms with Crippen molar-refractivity contribution in [2.45, 2.75) is 18.7 Å². The van der Waals surface area contributed by atoms with Crippen LogP contribution in [-0.4, -0.2) is 47.3 Å². The number of hydrogen-bond donors (Lipinski definition) is 2. The molecule has 1 aromatic rings. The van der Waals surface area contributed by atoms with Gasteiger partial charge >= 0.3 is 35.7 Å². The Morgan fingerprint density at radius 3 is 2.38 bits per heavy atom. The zero-order chi connectivity index (χ0) is 17.2. The number of rotatable bonds is 5. The summed E-state index contributed by atoms with van der Waals surface area (Å²) in [6.07, 6.45) is -1.05. The molecule has 0 unspecified atom stereocenters. The number of benzene rings is 1. The summed E-state index contributed by atoms with van der Waals surface area (Å²) in [4.78, 5) is 34.4. The second-order valence-corrected chi connectivity index (χ2v) is 5.87. The molecule has 0 bridgehead atoms. The number of nitrogens with two attached hydrogens (primary N) is 1. The van der Waals surface area contributed by atoms with Crippen LogP contribution in [0.4, 0.5) is 4.79 Å². The first kappa shape index (κ1) is 20.4. The number of hydrogen-bond acceptors (Lipinski definition) is 7. The normalized spacial score (nSPS) is 19.7. The van der Waals surface area contributed by atoms with Crippen molar-refractivity contribution in [1.82, 2.24) is 9.62 Å². The van der Waals surface area contributed by atoms with Crippen molar-refractivity contribution in [2.24, 2.45) is 5.73 Å². The van der Waals surface area contributed by atoms with Gasteiger partial charge in [0, 0.05) is 0 Å². The smallest absolute Gasteiger partial charge is 0.731 e. The maximum absolute atomic E-state index is 11.6. The first-order valence-corrected chi connectivity index (χ1v) is 7.64. The van der Waals surface area contributed by atoms with Crippen molar-refractivity contribution < 1.29 is 61.6 Å². The van der Waals surface area contributed by atoms with E-state index in [0.717, 1.165) is 0 Å². The molecule has 1 aliphatic rings. The number of alkyl carbamates (subject to hydrolysis) is 1. The quantitative estimate of drug-likeness (QED) is 0.302. The fourth-order valence-electron chi connectivity index (χ4n) is 2.02. The summed E-state index contributed by atoms with van der Waals surface area (Å²) in [6, 6.07) is 5.29. The molecule has 2 atom stereocenters. The topological polar surface area (TPSA) is 159 Å². The number of primary amides is 1. The zero-order valence-electron chi connectivity index (χ0n) is 12.5. The molecule has 1 saturated heterocycles. The first-order valence-electron chi connectivity index (χ1n) is 6.27. The molecular weight excluding hydrogens is 353 g/mol. The van der Waals surface area contributed by atoms with Gasteiger partial charge in [-0.3, -0.25) is 9.59 Å². The van der Waals surface area contributed by atoms with Crippen molar-refractivity contribution in [3.63, 3.8) is 0 Å². The predicted octanol–water partition coefficient (Wildman–Crippen LogP) is -4.56. The summed E-state index contributed by atoms with van der Waals surface area (Å²) < 4.78 is 37.3. The van der Waals surface area contributed by atoms with E-state index in [1.54, 1.807) is 30.3 Å². The van der Waals surface area contributed by atoms with E-state index in [2.05, 4.69) is 0 Å². The molecule has 3 N–H and O–H groups in total. The second kappa shape index (κ2) is 7.94. The van der Waals surface area contributed by atoms with Crippen LogP contribution < -0.4 is 40.6 Å². The molecule has 1 heterocycles. The van der Waals surface area contributed by atoms with Crippen molar-refractivity contribution in [3.8, 4) is 0 Å². The van der Waals surface area contributed by atoms with E-state index in [9.17, 15) is 27.4 Å². The van der Waals surface area contributed by atoms with Crippen LogP contribution in [0.15, 0.2) is 30.3 Å². The van der Waals surface area contributed by atoms with Crippen LogP contribution in [0, 0.1) is 0 Å². The Morgan fingerprint density at radius 1 is 1.29 bits per heavy atom. The molecule has 0 spiro atoms. The Bertz CT molecular complexity index is 740. The van der Waals surface area contributed by atoms with Crippen molar-refractivity contribution in [1.29, 1.82) is 0 Å². The van der Waals surface area contributed by atoms with E-state index < -0.39 is 40.3 Å². The molecule has 2 rings (SSSR count). The fourth-order valence-corrected chi connectivity index (χ4v) is 2.86. The van der Waals surface area contributed by atoms with Gasteiger partial charge in [0.1, 0.15) is 12.6 Å². The Kier molecular flexibility index (Phi) is 6.75. The van der Waals surface area contributed by atoms with Crippen LogP contribution in [-0.2, 0) is 31.2 Å². The molecule has 1 aromatic carbocycles. The molecule has 1 fully saturated rings. The van der Waals surface area contributed by atoms with Gasteiger partial charge in [-0.2, -0.15) is 0 Å². The third-order valence-corrected chi connectivity index (χ3v) is 3.96. The second-order valence-electron chi connectivity index (χ2n) is 4.62. The molecule has 0 aromatic heterocycles. The van der Waals surface area contributed by atoms with Crippen LogP contribution in [0.1, 0.15) is 5.56 Å². The number of amides is 3. The predicted molar refractivity (Wildman–Crippen MR) is 73.1 cm³/mol. The van der Waals surface area contributed by atoms with Crippen molar-refractivity contribution in [2.75, 3.05) is 0 Å². The van der Waals surface area contributed by atoms with Crippen LogP contribution in [0.2, 0.25) is 0 Å². The van der Waals surface area contributed by atoms with E-state index in [4.69, 9.17) is 10.5 Å². The molecule has 0 radical (unpaired) electrons. The minimum absolute atomic E-state index is 0. The standard InChI is InChI=1S/C12H13N3O7S.Na/c13-10(16)9-8(11(17)15(9)23(19,20)21)14-12(18)22-6-7-4-2-1-3-5-7;/h1-5,8-9H,6H2,(H2,13,16)(H,14,18)(H,19,20,21);/q;+1/p-1/t8-,9-;/m1./s1. The molecule has 0 saturated carbocycles. The maximum Gasteiger partial charge on any atom is 1.00 e. The Balaban J connectivity index is 0.00000288. The average Bonchev–Trinajstić information content (AvgIpc) is 2.47. The Morgan fingerprint density at radius 2 is 1.88 bits per heavy atom. The van der Waals surface area contributed by atoms with E-state index in [-0.39, 0.29) is 40.5 Å². The number of β-lactam (4-membered cyclic amide) rings is 1. The summed E-state index contributed by atoms with van der Waals surface area (Å²) in [6.45, 7) is -0.0988. The number of carbonyl (C=O) groups excluding carboxylic acids is 3. The molecule has 12 heteroatoms. The van der Waals surface area contributed by atoms with Gasteiger partial charge in [-0.25, -0.2) is 17.5 Å². The van der Waals surface area contributed by atoms with E-state index >= 15 is 0 Å². The number of ether oxygens (including phenoxy) is 1. The number of nitrogens with zero attached hydrogens (tertiary/aromatic N) is 1. The summed E-state index contributed by atoms with van der Waals surface area (Å²) in [7, 11) is -5.19. The minimum atomic E-state index is -5.19. The third kappa shape index (κ3) is 4.45. The van der Waals surface area contributed by atoms with Gasteiger partial charge < -0.3 is 20.3 Å². The van der Waals surface area contributed by atoms with Crippen molar-refractivity contribution >= 4 is 28.2 Å². The van der Waals surface area contributed by atoms with Gasteiger partial charge in [0.15, 0.2) is 16.3 Å².